The second-order valence-electron chi connectivity index (χ2n) is 16.5. The van der Waals surface area contributed by atoms with Crippen LogP contribution in [0.2, 0.25) is 0 Å². The summed E-state index contributed by atoms with van der Waals surface area (Å²) in [5.74, 6) is -1.46. The van der Waals surface area contributed by atoms with Crippen molar-refractivity contribution in [2.45, 2.75) is 120 Å². The average Bonchev–Trinajstić information content (AvgIpc) is 4.04. The van der Waals surface area contributed by atoms with Crippen molar-refractivity contribution in [3.8, 4) is 0 Å². The Balaban J connectivity index is 0.000000360. The number of aliphatic carboxylic acids is 1. The number of ether oxygens (including phenoxy) is 1. The maximum atomic E-state index is 14.5. The van der Waals surface area contributed by atoms with E-state index in [9.17, 15) is 22.4 Å². The van der Waals surface area contributed by atoms with Crippen LogP contribution < -0.4 is 0 Å². The summed E-state index contributed by atoms with van der Waals surface area (Å²) in [4.78, 5) is 39.4. The van der Waals surface area contributed by atoms with Gasteiger partial charge in [-0.25, -0.2) is 31.9 Å². The molecule has 7 rings (SSSR count). The standard InChI is InChI=1S/C33H47FN6O3S.C6H10O7/c1-23-21-38(33(4)12-16-37(17-13-33)32(41)30-24(2)35-22-36-25(30)3)18-19-40(23)31(27-6-5-7-28(34)20-27)26-10-14-39(15-11-26)44(42,43)29-8-9-29;7-1-2(8)4(5(10)11)13-6(12)3(1)9/h5-7,20,22-23,26,29,31H,8-19,21H2,1-4H3;1-4,6-9,12H,(H,10,11)/t23-,31+;1-,2+,3+,4-,6-/m10/s1. The average molecular weight is 821 g/mol. The minimum Gasteiger partial charge on any atom is -0.479 e. The van der Waals surface area contributed by atoms with Crippen molar-refractivity contribution < 1.29 is 52.7 Å². The third kappa shape index (κ3) is 9.34. The highest BCUT2D eigenvalue weighted by Crippen LogP contribution is 2.41. The van der Waals surface area contributed by atoms with Crippen molar-refractivity contribution in [1.29, 1.82) is 0 Å². The van der Waals surface area contributed by atoms with E-state index < -0.39 is 46.7 Å². The number of piperazine rings is 1. The Labute approximate surface area is 333 Å². The van der Waals surface area contributed by atoms with E-state index in [0.717, 1.165) is 75.1 Å². The summed E-state index contributed by atoms with van der Waals surface area (Å²) >= 11 is 0. The van der Waals surface area contributed by atoms with E-state index >= 15 is 0 Å². The van der Waals surface area contributed by atoms with Gasteiger partial charge in [0.1, 0.15) is 30.5 Å². The quantitative estimate of drug-likeness (QED) is 0.252. The Morgan fingerprint density at radius 1 is 0.912 bits per heavy atom. The van der Waals surface area contributed by atoms with E-state index in [1.165, 1.54) is 12.4 Å². The number of sulfonamides is 1. The van der Waals surface area contributed by atoms with E-state index in [-0.39, 0.29) is 40.5 Å². The summed E-state index contributed by atoms with van der Waals surface area (Å²) in [7, 11) is -3.18. The van der Waals surface area contributed by atoms with E-state index in [1.807, 2.05) is 24.8 Å². The number of aromatic nitrogens is 2. The molecule has 2 aromatic rings. The Morgan fingerprint density at radius 2 is 1.54 bits per heavy atom. The molecule has 0 bridgehead atoms. The number of aliphatic hydroxyl groups is 4. The molecule has 1 amide bonds. The number of benzene rings is 1. The Hall–Kier alpha value is -3.20. The van der Waals surface area contributed by atoms with Gasteiger partial charge in [-0.1, -0.05) is 12.1 Å². The molecule has 18 heteroatoms. The molecule has 5 aliphatic rings. The molecule has 0 unspecified atom stereocenters. The summed E-state index contributed by atoms with van der Waals surface area (Å²) < 4.78 is 46.4. The van der Waals surface area contributed by atoms with Gasteiger partial charge in [0.25, 0.3) is 5.91 Å². The molecule has 5 fully saturated rings. The van der Waals surface area contributed by atoms with Crippen molar-refractivity contribution in [3.63, 3.8) is 0 Å². The van der Waals surface area contributed by atoms with Gasteiger partial charge in [-0.2, -0.15) is 0 Å². The third-order valence-corrected chi connectivity index (χ3v) is 15.0. The van der Waals surface area contributed by atoms with E-state index in [2.05, 4.69) is 38.4 Å². The van der Waals surface area contributed by atoms with Gasteiger partial charge in [0.2, 0.25) is 10.0 Å². The van der Waals surface area contributed by atoms with Gasteiger partial charge in [0, 0.05) is 63.4 Å². The van der Waals surface area contributed by atoms with Gasteiger partial charge in [-0.3, -0.25) is 14.6 Å². The molecule has 57 heavy (non-hydrogen) atoms. The molecule has 316 valence electrons. The van der Waals surface area contributed by atoms with Crippen LogP contribution >= 0.6 is 0 Å². The van der Waals surface area contributed by atoms with Crippen LogP contribution in [0.15, 0.2) is 30.6 Å². The monoisotopic (exact) mass is 820 g/mol. The third-order valence-electron chi connectivity index (χ3n) is 12.6. The molecular weight excluding hydrogens is 764 g/mol. The van der Waals surface area contributed by atoms with Crippen molar-refractivity contribution in [3.05, 3.63) is 58.9 Å². The van der Waals surface area contributed by atoms with Crippen LogP contribution in [0.1, 0.15) is 85.7 Å². The first-order valence-electron chi connectivity index (χ1n) is 19.9. The Kier molecular flexibility index (Phi) is 13.4. The maximum Gasteiger partial charge on any atom is 0.335 e. The van der Waals surface area contributed by atoms with Crippen LogP contribution in [0.25, 0.3) is 0 Å². The van der Waals surface area contributed by atoms with Gasteiger partial charge in [0.05, 0.1) is 22.2 Å². The normalized spacial score (nSPS) is 29.9. The number of nitrogens with zero attached hydrogens (tertiary/aromatic N) is 6. The van der Waals surface area contributed by atoms with Gasteiger partial charge in [-0.15, -0.1) is 0 Å². The minimum absolute atomic E-state index is 0.00866. The van der Waals surface area contributed by atoms with Gasteiger partial charge in [0.15, 0.2) is 12.4 Å². The number of aryl methyl sites for hydroxylation is 2. The summed E-state index contributed by atoms with van der Waals surface area (Å²) in [6, 6.07) is 7.29. The van der Waals surface area contributed by atoms with Crippen LogP contribution in [0.5, 0.6) is 0 Å². The van der Waals surface area contributed by atoms with Crippen molar-refractivity contribution in [2.75, 3.05) is 45.8 Å². The Morgan fingerprint density at radius 3 is 2.11 bits per heavy atom. The largest absolute Gasteiger partial charge is 0.479 e. The van der Waals surface area contributed by atoms with Crippen LogP contribution in [-0.2, 0) is 19.6 Å². The summed E-state index contributed by atoms with van der Waals surface area (Å²) in [5, 5.41) is 44.2. The molecule has 4 saturated heterocycles. The van der Waals surface area contributed by atoms with Crippen LogP contribution in [0, 0.1) is 25.6 Å². The minimum atomic E-state index is -3.18. The lowest BCUT2D eigenvalue weighted by Gasteiger charge is -2.54. The molecule has 1 aromatic carbocycles. The van der Waals surface area contributed by atoms with E-state index in [0.29, 0.717) is 31.7 Å². The number of aliphatic hydroxyl groups excluding tert-OH is 4. The number of hydrogen-bond acceptors (Lipinski definition) is 13. The van der Waals surface area contributed by atoms with Crippen molar-refractivity contribution >= 4 is 21.9 Å². The fourth-order valence-electron chi connectivity index (χ4n) is 8.96. The number of piperidine rings is 2. The number of amides is 1. The molecule has 5 N–H and O–H groups in total. The predicted octanol–water partition coefficient (Wildman–Crippen LogP) is 1.05. The first kappa shape index (κ1) is 43.4. The number of carboxylic acid groups (broad SMARTS) is 1. The molecular formula is C39H57FN6O10S. The number of carboxylic acids is 1. The zero-order chi connectivity index (χ0) is 41.4. The predicted molar refractivity (Wildman–Crippen MR) is 205 cm³/mol. The molecule has 5 heterocycles. The fraction of sp³-hybridized carbons (Fsp3) is 0.692. The summed E-state index contributed by atoms with van der Waals surface area (Å²) in [6.07, 6.45) is -2.28. The molecule has 1 saturated carbocycles. The van der Waals surface area contributed by atoms with Gasteiger partial charge in [-0.05, 0) is 89.8 Å². The van der Waals surface area contributed by atoms with Crippen molar-refractivity contribution in [2.24, 2.45) is 5.92 Å². The zero-order valence-corrected chi connectivity index (χ0v) is 33.8. The topological polar surface area (TPSA) is 217 Å². The zero-order valence-electron chi connectivity index (χ0n) is 33.0. The number of rotatable bonds is 8. The molecule has 4 aliphatic heterocycles. The first-order valence-corrected chi connectivity index (χ1v) is 21.4. The molecule has 1 aromatic heterocycles. The molecule has 0 radical (unpaired) electrons. The van der Waals surface area contributed by atoms with E-state index in [1.54, 1.807) is 16.4 Å². The van der Waals surface area contributed by atoms with Crippen molar-refractivity contribution in [1.82, 2.24) is 29.0 Å². The lowest BCUT2D eigenvalue weighted by atomic mass is 9.82. The number of hydrogen-bond donors (Lipinski definition) is 5. The summed E-state index contributed by atoms with van der Waals surface area (Å²) in [5.41, 5.74) is 3.05. The van der Waals surface area contributed by atoms with Gasteiger partial charge < -0.3 is 35.2 Å². The SMILES string of the molecule is Cc1ncnc(C)c1C(=O)N1CCC(C)(N2CCN([C@H](c3cccc(F)c3)C3CCN(S(=O)(=O)C4CC4)CC3)[C@H](C)C2)CC1.O=C(O)[C@H]1O[C@H](O)[C@H](O)[C@@H](O)[C@H]1O. The first-order chi connectivity index (χ1) is 26.9. The smallest absolute Gasteiger partial charge is 0.335 e. The number of carbonyl (C=O) groups is 2. The summed E-state index contributed by atoms with van der Waals surface area (Å²) in [6.45, 7) is 13.5. The highest BCUT2D eigenvalue weighted by atomic mass is 32.2. The van der Waals surface area contributed by atoms with Gasteiger partial charge >= 0.3 is 5.97 Å². The number of carbonyl (C=O) groups excluding carboxylic acids is 1. The van der Waals surface area contributed by atoms with Crippen LogP contribution in [-0.4, -0.2) is 168 Å². The fourth-order valence-corrected chi connectivity index (χ4v) is 10.8. The van der Waals surface area contributed by atoms with Crippen LogP contribution in [0.4, 0.5) is 4.39 Å². The van der Waals surface area contributed by atoms with E-state index in [4.69, 9.17) is 25.5 Å². The van der Waals surface area contributed by atoms with Crippen LogP contribution in [0.3, 0.4) is 0 Å². The molecule has 1 aliphatic carbocycles. The highest BCUT2D eigenvalue weighted by Gasteiger charge is 2.47. The lowest BCUT2D eigenvalue weighted by Crippen LogP contribution is -2.63. The second kappa shape index (κ2) is 17.6. The molecule has 7 atom stereocenters. The Bertz CT molecular complexity index is 1840. The maximum absolute atomic E-state index is 14.5. The second-order valence-corrected chi connectivity index (χ2v) is 18.7. The number of likely N-dealkylation sites (tertiary alicyclic amines) is 1. The number of halogens is 1. The molecule has 0 spiro atoms. The highest BCUT2D eigenvalue weighted by molar-refractivity contribution is 7.90. The lowest BCUT2D eigenvalue weighted by molar-refractivity contribution is -0.279. The molecule has 16 nitrogen and oxygen atoms in total.